The first-order valence-electron chi connectivity index (χ1n) is 6.60. The summed E-state index contributed by atoms with van der Waals surface area (Å²) >= 11 is 3.10. The van der Waals surface area contributed by atoms with Gasteiger partial charge < -0.3 is 9.84 Å². The van der Waals surface area contributed by atoms with Crippen LogP contribution in [0.15, 0.2) is 21.5 Å². The molecule has 1 aliphatic rings. The van der Waals surface area contributed by atoms with Crippen molar-refractivity contribution in [1.29, 1.82) is 0 Å². The average molecular weight is 382 g/mol. The summed E-state index contributed by atoms with van der Waals surface area (Å²) in [6, 6.07) is 2.51. The highest BCUT2D eigenvalue weighted by Gasteiger charge is 2.23. The zero-order chi connectivity index (χ0) is 15.5. The predicted molar refractivity (Wildman–Crippen MR) is 78.8 cm³/mol. The van der Waals surface area contributed by atoms with Crippen molar-refractivity contribution in [1.82, 2.24) is 4.72 Å². The lowest BCUT2D eigenvalue weighted by atomic mass is 10.2. The van der Waals surface area contributed by atoms with Gasteiger partial charge in [-0.05, 0) is 30.9 Å². The summed E-state index contributed by atoms with van der Waals surface area (Å²) in [5.74, 6) is -0.330. The van der Waals surface area contributed by atoms with E-state index in [2.05, 4.69) is 20.7 Å². The third kappa shape index (κ3) is 4.72. The maximum Gasteiger partial charge on any atom is 0.243 e. The largest absolute Gasteiger partial charge is 0.392 e. The third-order valence-corrected chi connectivity index (χ3v) is 5.05. The van der Waals surface area contributed by atoms with Crippen LogP contribution in [0, 0.1) is 11.7 Å². The molecule has 118 valence electrons. The van der Waals surface area contributed by atoms with Crippen LogP contribution < -0.4 is 4.72 Å². The summed E-state index contributed by atoms with van der Waals surface area (Å²) in [5, 5.41) is 9.04. The van der Waals surface area contributed by atoms with Crippen molar-refractivity contribution in [3.8, 4) is 0 Å². The van der Waals surface area contributed by atoms with Gasteiger partial charge in [-0.1, -0.05) is 15.9 Å². The van der Waals surface area contributed by atoms with Gasteiger partial charge in [0.1, 0.15) is 10.7 Å². The molecule has 5 nitrogen and oxygen atoms in total. The fraction of sp³-hybridized carbons (Fsp3) is 0.538. The van der Waals surface area contributed by atoms with Crippen molar-refractivity contribution >= 4 is 26.0 Å². The molecule has 8 heteroatoms. The molecule has 1 aliphatic carbocycles. The predicted octanol–water partition coefficient (Wildman–Crippen LogP) is 1.79. The normalized spacial score (nSPS) is 15.4. The lowest BCUT2D eigenvalue weighted by Crippen LogP contribution is -2.28. The average Bonchev–Trinajstić information content (AvgIpc) is 3.24. The summed E-state index contributed by atoms with van der Waals surface area (Å²) in [7, 11) is -3.98. The number of aliphatic hydroxyl groups excluding tert-OH is 1. The van der Waals surface area contributed by atoms with Crippen LogP contribution in [-0.2, 0) is 21.4 Å². The highest BCUT2D eigenvalue weighted by molar-refractivity contribution is 9.10. The Morgan fingerprint density at radius 3 is 2.76 bits per heavy atom. The SMILES string of the molecule is O=S(=O)(NCCOCC1CC1)c1cc(Br)cc(CO)c1F. The van der Waals surface area contributed by atoms with Crippen molar-refractivity contribution in [3.05, 3.63) is 28.0 Å². The third-order valence-electron chi connectivity index (χ3n) is 3.13. The van der Waals surface area contributed by atoms with Gasteiger partial charge in [0.15, 0.2) is 0 Å². The first kappa shape index (κ1) is 16.8. The molecule has 0 atom stereocenters. The van der Waals surface area contributed by atoms with Crippen molar-refractivity contribution in [2.45, 2.75) is 24.3 Å². The fourth-order valence-corrected chi connectivity index (χ4v) is 3.60. The molecule has 1 fully saturated rings. The second kappa shape index (κ2) is 7.15. The van der Waals surface area contributed by atoms with Crippen molar-refractivity contribution < 1.29 is 22.7 Å². The van der Waals surface area contributed by atoms with Gasteiger partial charge in [0.2, 0.25) is 10.0 Å². The molecule has 1 aromatic rings. The Bertz CT molecular complexity index is 604. The molecule has 1 saturated carbocycles. The van der Waals surface area contributed by atoms with Crippen molar-refractivity contribution in [3.63, 3.8) is 0 Å². The van der Waals surface area contributed by atoms with E-state index in [4.69, 9.17) is 9.84 Å². The Balaban J connectivity index is 1.99. The van der Waals surface area contributed by atoms with E-state index in [-0.39, 0.29) is 18.7 Å². The minimum Gasteiger partial charge on any atom is -0.392 e. The fourth-order valence-electron chi connectivity index (χ4n) is 1.79. The van der Waals surface area contributed by atoms with E-state index in [1.54, 1.807) is 0 Å². The number of sulfonamides is 1. The molecule has 0 bridgehead atoms. The summed E-state index contributed by atoms with van der Waals surface area (Å²) in [6.07, 6.45) is 2.33. The van der Waals surface area contributed by atoms with Gasteiger partial charge in [0, 0.05) is 23.2 Å². The van der Waals surface area contributed by atoms with Gasteiger partial charge in [0.05, 0.1) is 13.2 Å². The van der Waals surface area contributed by atoms with Crippen LogP contribution in [0.2, 0.25) is 0 Å². The molecule has 0 aliphatic heterocycles. The Hall–Kier alpha value is -0.540. The molecular formula is C13H17BrFNO4S. The molecule has 0 saturated heterocycles. The molecule has 2 N–H and O–H groups in total. The number of hydrogen-bond donors (Lipinski definition) is 2. The van der Waals surface area contributed by atoms with Gasteiger partial charge in [0.25, 0.3) is 0 Å². The van der Waals surface area contributed by atoms with E-state index in [9.17, 15) is 12.8 Å². The Kier molecular flexibility index (Phi) is 5.73. The van der Waals surface area contributed by atoms with Crippen LogP contribution in [0.5, 0.6) is 0 Å². The highest BCUT2D eigenvalue weighted by atomic mass is 79.9. The summed E-state index contributed by atoms with van der Waals surface area (Å²) in [5.41, 5.74) is -0.0743. The van der Waals surface area contributed by atoms with Crippen LogP contribution in [0.1, 0.15) is 18.4 Å². The van der Waals surface area contributed by atoms with Crippen LogP contribution in [-0.4, -0.2) is 33.3 Å². The van der Waals surface area contributed by atoms with Crippen LogP contribution in [0.3, 0.4) is 0 Å². The Labute approximate surface area is 131 Å². The quantitative estimate of drug-likeness (QED) is 0.673. The number of hydrogen-bond acceptors (Lipinski definition) is 4. The molecule has 1 aromatic carbocycles. The monoisotopic (exact) mass is 381 g/mol. The van der Waals surface area contributed by atoms with Crippen LogP contribution >= 0.6 is 15.9 Å². The number of halogens is 2. The Morgan fingerprint density at radius 1 is 1.43 bits per heavy atom. The number of ether oxygens (including phenoxy) is 1. The van der Waals surface area contributed by atoms with Gasteiger partial charge in [-0.25, -0.2) is 17.5 Å². The molecule has 0 radical (unpaired) electrons. The zero-order valence-corrected chi connectivity index (χ0v) is 13.7. The van der Waals surface area contributed by atoms with E-state index in [1.807, 2.05) is 0 Å². The molecule has 0 spiro atoms. The number of nitrogens with one attached hydrogen (secondary N) is 1. The smallest absolute Gasteiger partial charge is 0.243 e. The van der Waals surface area contributed by atoms with E-state index < -0.39 is 27.3 Å². The van der Waals surface area contributed by atoms with Gasteiger partial charge in [-0.2, -0.15) is 0 Å². The first-order chi connectivity index (χ1) is 9.94. The van der Waals surface area contributed by atoms with Crippen LogP contribution in [0.4, 0.5) is 4.39 Å². The van der Waals surface area contributed by atoms with E-state index in [0.29, 0.717) is 17.0 Å². The van der Waals surface area contributed by atoms with Crippen molar-refractivity contribution in [2.75, 3.05) is 19.8 Å². The number of aliphatic hydroxyl groups is 1. The molecule has 0 aromatic heterocycles. The Morgan fingerprint density at radius 2 is 2.14 bits per heavy atom. The molecular weight excluding hydrogens is 365 g/mol. The second-order valence-corrected chi connectivity index (χ2v) is 7.60. The summed E-state index contributed by atoms with van der Waals surface area (Å²) in [6.45, 7) is 0.396. The summed E-state index contributed by atoms with van der Waals surface area (Å²) < 4.78 is 46.2. The first-order valence-corrected chi connectivity index (χ1v) is 8.88. The molecule has 21 heavy (non-hydrogen) atoms. The second-order valence-electron chi connectivity index (χ2n) is 4.95. The number of benzene rings is 1. The topological polar surface area (TPSA) is 75.6 Å². The molecule has 0 amide bonds. The maximum atomic E-state index is 14.0. The van der Waals surface area contributed by atoms with E-state index >= 15 is 0 Å². The van der Waals surface area contributed by atoms with Gasteiger partial charge >= 0.3 is 0 Å². The molecule has 0 heterocycles. The van der Waals surface area contributed by atoms with Crippen LogP contribution in [0.25, 0.3) is 0 Å². The molecule has 2 rings (SSSR count). The van der Waals surface area contributed by atoms with Crippen molar-refractivity contribution in [2.24, 2.45) is 5.92 Å². The van der Waals surface area contributed by atoms with E-state index in [1.165, 1.54) is 25.0 Å². The zero-order valence-electron chi connectivity index (χ0n) is 11.3. The standard InChI is InChI=1S/C13H17BrFNO4S/c14-11-5-10(7-17)13(15)12(6-11)21(18,19)16-3-4-20-8-9-1-2-9/h5-6,9,16-17H,1-4,7-8H2. The minimum absolute atomic E-state index is 0.0743. The maximum absolute atomic E-state index is 14.0. The van der Waals surface area contributed by atoms with Gasteiger partial charge in [-0.15, -0.1) is 0 Å². The molecule has 0 unspecified atom stereocenters. The lowest BCUT2D eigenvalue weighted by molar-refractivity contribution is 0.129. The van der Waals surface area contributed by atoms with Gasteiger partial charge in [-0.3, -0.25) is 0 Å². The summed E-state index contributed by atoms with van der Waals surface area (Å²) in [4.78, 5) is -0.483. The lowest BCUT2D eigenvalue weighted by Gasteiger charge is -2.10. The number of rotatable bonds is 8. The minimum atomic E-state index is -3.98. The highest BCUT2D eigenvalue weighted by Crippen LogP contribution is 2.28. The van der Waals surface area contributed by atoms with E-state index in [0.717, 1.165) is 0 Å².